The second-order valence-electron chi connectivity index (χ2n) is 8.84. The Labute approximate surface area is 165 Å². The number of aryl methyl sites for hydroxylation is 1. The van der Waals surface area contributed by atoms with Crippen molar-refractivity contribution in [3.8, 4) is 0 Å². The van der Waals surface area contributed by atoms with Gasteiger partial charge in [-0.3, -0.25) is 14.2 Å². The Morgan fingerprint density at radius 3 is 2.81 bits per heavy atom. The molecular formula is C21H31N3O2S. The van der Waals surface area contributed by atoms with Gasteiger partial charge in [-0.2, -0.15) is 0 Å². The molecule has 0 saturated carbocycles. The summed E-state index contributed by atoms with van der Waals surface area (Å²) in [6.07, 6.45) is 6.62. The highest BCUT2D eigenvalue weighted by Gasteiger charge is 2.31. The maximum atomic E-state index is 13.1. The molecule has 6 heteroatoms. The maximum Gasteiger partial charge on any atom is 0.262 e. The van der Waals surface area contributed by atoms with Crippen LogP contribution in [0, 0.1) is 11.3 Å². The number of nitrogens with zero attached hydrogens (tertiary/aromatic N) is 3. The number of likely N-dealkylation sites (N-methyl/N-ethyl adjacent to an activating group) is 1. The fraction of sp³-hybridized carbons (Fsp3) is 0.667. The normalized spacial score (nSPS) is 17.1. The van der Waals surface area contributed by atoms with Gasteiger partial charge in [0.2, 0.25) is 5.91 Å². The highest BCUT2D eigenvalue weighted by Crippen LogP contribution is 2.41. The molecule has 3 rings (SSSR count). The molecule has 2 aromatic rings. The third kappa shape index (κ3) is 4.10. The number of amides is 1. The van der Waals surface area contributed by atoms with Crippen LogP contribution in [0.3, 0.4) is 0 Å². The number of carbonyl (C=O) groups is 1. The average molecular weight is 390 g/mol. The topological polar surface area (TPSA) is 55.2 Å². The smallest absolute Gasteiger partial charge is 0.262 e. The first kappa shape index (κ1) is 20.1. The summed E-state index contributed by atoms with van der Waals surface area (Å²) in [5, 5.41) is 0.744. The highest BCUT2D eigenvalue weighted by atomic mass is 32.1. The van der Waals surface area contributed by atoms with Gasteiger partial charge in [0, 0.05) is 18.5 Å². The first-order valence-electron chi connectivity index (χ1n) is 9.96. The molecule has 0 N–H and O–H groups in total. The van der Waals surface area contributed by atoms with Crippen LogP contribution >= 0.6 is 11.3 Å². The minimum Gasteiger partial charge on any atom is -0.344 e. The molecule has 0 saturated heterocycles. The van der Waals surface area contributed by atoms with Gasteiger partial charge in [0.25, 0.3) is 5.56 Å². The number of thiophene rings is 1. The molecule has 2 aromatic heterocycles. The van der Waals surface area contributed by atoms with E-state index in [0.29, 0.717) is 5.92 Å². The van der Waals surface area contributed by atoms with E-state index in [9.17, 15) is 9.59 Å². The summed E-state index contributed by atoms with van der Waals surface area (Å²) in [5.41, 5.74) is 1.38. The Hall–Kier alpha value is -1.69. The zero-order chi connectivity index (χ0) is 19.8. The van der Waals surface area contributed by atoms with E-state index in [1.807, 2.05) is 0 Å². The van der Waals surface area contributed by atoms with Crippen LogP contribution in [0.5, 0.6) is 0 Å². The minimum absolute atomic E-state index is 0.0383. The number of hydrogen-bond acceptors (Lipinski definition) is 4. The van der Waals surface area contributed by atoms with E-state index in [0.717, 1.165) is 48.9 Å². The first-order chi connectivity index (χ1) is 12.7. The molecule has 0 fully saturated rings. The monoisotopic (exact) mass is 389 g/mol. The summed E-state index contributed by atoms with van der Waals surface area (Å²) in [4.78, 5) is 33.9. The highest BCUT2D eigenvalue weighted by molar-refractivity contribution is 7.18. The van der Waals surface area contributed by atoms with Gasteiger partial charge in [-0.25, -0.2) is 4.98 Å². The maximum absolute atomic E-state index is 13.1. The number of rotatable bonds is 5. The Bertz CT molecular complexity index is 891. The molecule has 1 aliphatic carbocycles. The molecule has 0 aromatic carbocycles. The number of carbonyl (C=O) groups excluding carboxylic acids is 1. The van der Waals surface area contributed by atoms with E-state index < -0.39 is 0 Å². The van der Waals surface area contributed by atoms with Crippen LogP contribution < -0.4 is 5.56 Å². The zero-order valence-electron chi connectivity index (χ0n) is 17.2. The number of hydrogen-bond donors (Lipinski definition) is 0. The molecule has 27 heavy (non-hydrogen) atoms. The van der Waals surface area contributed by atoms with Gasteiger partial charge < -0.3 is 4.90 Å². The van der Waals surface area contributed by atoms with Gasteiger partial charge in [0.15, 0.2) is 0 Å². The van der Waals surface area contributed by atoms with Crippen molar-refractivity contribution in [2.24, 2.45) is 11.3 Å². The van der Waals surface area contributed by atoms with E-state index in [-0.39, 0.29) is 23.4 Å². The summed E-state index contributed by atoms with van der Waals surface area (Å²) in [6, 6.07) is 0. The van der Waals surface area contributed by atoms with Crippen molar-refractivity contribution in [2.75, 3.05) is 13.6 Å². The fourth-order valence-corrected chi connectivity index (χ4v) is 5.10. The Morgan fingerprint density at radius 2 is 2.15 bits per heavy atom. The second-order valence-corrected chi connectivity index (χ2v) is 9.92. The van der Waals surface area contributed by atoms with Crippen LogP contribution in [0.4, 0.5) is 0 Å². The lowest BCUT2D eigenvalue weighted by molar-refractivity contribution is -0.130. The Kier molecular flexibility index (Phi) is 5.75. The van der Waals surface area contributed by atoms with E-state index in [1.165, 1.54) is 15.0 Å². The number of fused-ring (bicyclic) bond motifs is 3. The standard InChI is InChI=1S/C21H31N3O2S/c1-6-7-10-23(5)17(25)12-24-13-22-19-18(20(24)26)15-9-8-14(21(2,3)4)11-16(15)27-19/h13-14H,6-12H2,1-5H3/t14-/m1/s1. The van der Waals surface area contributed by atoms with Gasteiger partial charge in [0.05, 0.1) is 11.7 Å². The molecule has 148 valence electrons. The summed E-state index contributed by atoms with van der Waals surface area (Å²) >= 11 is 1.66. The molecule has 1 aliphatic rings. The van der Waals surface area contributed by atoms with Crippen LogP contribution in [0.25, 0.3) is 10.2 Å². The van der Waals surface area contributed by atoms with Crippen LogP contribution in [0.2, 0.25) is 0 Å². The third-order valence-electron chi connectivity index (χ3n) is 5.84. The average Bonchev–Trinajstić information content (AvgIpc) is 2.99. The Morgan fingerprint density at radius 1 is 1.41 bits per heavy atom. The van der Waals surface area contributed by atoms with Gasteiger partial charge in [-0.05, 0) is 42.6 Å². The molecule has 1 atom stereocenters. The van der Waals surface area contributed by atoms with Crippen molar-refractivity contribution in [1.29, 1.82) is 0 Å². The predicted molar refractivity (Wildman–Crippen MR) is 111 cm³/mol. The van der Waals surface area contributed by atoms with Gasteiger partial charge >= 0.3 is 0 Å². The molecule has 5 nitrogen and oxygen atoms in total. The van der Waals surface area contributed by atoms with E-state index in [1.54, 1.807) is 29.6 Å². The van der Waals surface area contributed by atoms with Gasteiger partial charge in [-0.1, -0.05) is 34.1 Å². The largest absolute Gasteiger partial charge is 0.344 e. The number of unbranched alkanes of at least 4 members (excludes halogenated alkanes) is 1. The van der Waals surface area contributed by atoms with Crippen molar-refractivity contribution in [3.05, 3.63) is 27.1 Å². The van der Waals surface area contributed by atoms with Gasteiger partial charge in [0.1, 0.15) is 11.4 Å². The molecule has 0 spiro atoms. The Balaban J connectivity index is 1.88. The van der Waals surface area contributed by atoms with E-state index >= 15 is 0 Å². The predicted octanol–water partition coefficient (Wildman–Crippen LogP) is 3.87. The molecule has 0 unspecified atom stereocenters. The van der Waals surface area contributed by atoms with Gasteiger partial charge in [-0.15, -0.1) is 11.3 Å². The molecule has 0 radical (unpaired) electrons. The summed E-state index contributed by atoms with van der Waals surface area (Å²) in [5.74, 6) is 0.595. The third-order valence-corrected chi connectivity index (χ3v) is 7.00. The van der Waals surface area contributed by atoms with E-state index in [2.05, 4.69) is 32.7 Å². The lowest BCUT2D eigenvalue weighted by Gasteiger charge is -2.33. The summed E-state index contributed by atoms with van der Waals surface area (Å²) < 4.78 is 1.48. The fourth-order valence-electron chi connectivity index (χ4n) is 3.84. The number of aromatic nitrogens is 2. The first-order valence-corrected chi connectivity index (χ1v) is 10.8. The van der Waals surface area contributed by atoms with Crippen LogP contribution in [-0.2, 0) is 24.2 Å². The van der Waals surface area contributed by atoms with Crippen molar-refractivity contribution < 1.29 is 4.79 Å². The lowest BCUT2D eigenvalue weighted by atomic mass is 9.72. The minimum atomic E-state index is -0.0658. The van der Waals surface area contributed by atoms with Crippen molar-refractivity contribution in [1.82, 2.24) is 14.5 Å². The van der Waals surface area contributed by atoms with Crippen LogP contribution in [0.15, 0.2) is 11.1 Å². The van der Waals surface area contributed by atoms with Crippen molar-refractivity contribution >= 4 is 27.5 Å². The SMILES string of the molecule is CCCCN(C)C(=O)Cn1cnc2sc3c(c2c1=O)CC[C@@H](C(C)(C)C)C3. The van der Waals surface area contributed by atoms with E-state index in [4.69, 9.17) is 0 Å². The molecule has 2 heterocycles. The molecule has 1 amide bonds. The van der Waals surface area contributed by atoms with Crippen molar-refractivity contribution in [2.45, 2.75) is 66.3 Å². The lowest BCUT2D eigenvalue weighted by Crippen LogP contribution is -2.34. The van der Waals surface area contributed by atoms with Crippen LogP contribution in [-0.4, -0.2) is 34.0 Å². The second kappa shape index (κ2) is 7.74. The molecular weight excluding hydrogens is 358 g/mol. The quantitative estimate of drug-likeness (QED) is 0.780. The van der Waals surface area contributed by atoms with Crippen LogP contribution in [0.1, 0.15) is 57.4 Å². The molecule has 0 bridgehead atoms. The summed E-state index contributed by atoms with van der Waals surface area (Å²) in [6.45, 7) is 9.77. The molecule has 0 aliphatic heterocycles. The summed E-state index contributed by atoms with van der Waals surface area (Å²) in [7, 11) is 1.80. The zero-order valence-corrected chi connectivity index (χ0v) is 18.0. The van der Waals surface area contributed by atoms with Crippen molar-refractivity contribution in [3.63, 3.8) is 0 Å².